The molecule has 0 saturated carbocycles. The van der Waals surface area contributed by atoms with Crippen LogP contribution < -0.4 is 10.6 Å². The minimum absolute atomic E-state index is 0.0528. The van der Waals surface area contributed by atoms with E-state index in [4.69, 9.17) is 11.6 Å². The summed E-state index contributed by atoms with van der Waals surface area (Å²) >= 11 is 6.89. The van der Waals surface area contributed by atoms with Crippen LogP contribution in [0.15, 0.2) is 41.6 Å². The number of nitrogens with one attached hydrogen (secondary N) is 2. The minimum atomic E-state index is -0.554. The third-order valence-corrected chi connectivity index (χ3v) is 5.88. The molecule has 162 valence electrons. The summed E-state index contributed by atoms with van der Waals surface area (Å²) in [4.78, 5) is 24.5. The van der Waals surface area contributed by atoms with Crippen LogP contribution >= 0.6 is 23.4 Å². The molecule has 7 nitrogen and oxygen atoms in total. The van der Waals surface area contributed by atoms with E-state index in [1.165, 1.54) is 30.0 Å². The Morgan fingerprint density at radius 1 is 1.03 bits per heavy atom. The summed E-state index contributed by atoms with van der Waals surface area (Å²) in [6.45, 7) is 3.99. The Morgan fingerprint density at radius 3 is 2.42 bits per heavy atom. The van der Waals surface area contributed by atoms with Gasteiger partial charge in [-0.25, -0.2) is 4.39 Å². The highest BCUT2D eigenvalue weighted by atomic mass is 35.5. The fourth-order valence-corrected chi connectivity index (χ4v) is 3.60. The lowest BCUT2D eigenvalue weighted by molar-refractivity contribution is -0.116. The molecule has 0 atom stereocenters. The number of hydrogen-bond donors (Lipinski definition) is 2. The molecular weight excluding hydrogens is 441 g/mol. The fraction of sp³-hybridized carbons (Fsp3) is 0.238. The fourth-order valence-electron chi connectivity index (χ4n) is 2.69. The number of halogens is 2. The van der Waals surface area contributed by atoms with Crippen LogP contribution in [0.4, 0.5) is 15.8 Å². The van der Waals surface area contributed by atoms with Crippen LogP contribution in [0.25, 0.3) is 0 Å². The first-order chi connectivity index (χ1) is 14.7. The van der Waals surface area contributed by atoms with E-state index in [9.17, 15) is 14.0 Å². The average molecular weight is 462 g/mol. The van der Waals surface area contributed by atoms with Crippen LogP contribution in [0.3, 0.4) is 0 Å². The summed E-state index contributed by atoms with van der Waals surface area (Å²) in [5.41, 5.74) is 3.37. The van der Waals surface area contributed by atoms with Gasteiger partial charge in [0.05, 0.1) is 17.2 Å². The molecule has 0 radical (unpaired) electrons. The number of amides is 2. The summed E-state index contributed by atoms with van der Waals surface area (Å²) in [5, 5.41) is 14.0. The van der Waals surface area contributed by atoms with E-state index in [1.807, 2.05) is 32.0 Å². The van der Waals surface area contributed by atoms with Gasteiger partial charge in [-0.2, -0.15) is 0 Å². The molecule has 2 amide bonds. The second-order valence-corrected chi connectivity index (χ2v) is 8.30. The zero-order valence-electron chi connectivity index (χ0n) is 17.2. The number of aromatic nitrogens is 3. The van der Waals surface area contributed by atoms with Crippen LogP contribution in [-0.4, -0.2) is 32.3 Å². The van der Waals surface area contributed by atoms with Gasteiger partial charge < -0.3 is 15.2 Å². The minimum Gasteiger partial charge on any atom is -0.326 e. The number of hydrogen-bond acceptors (Lipinski definition) is 5. The highest BCUT2D eigenvalue weighted by molar-refractivity contribution is 7.99. The second-order valence-electron chi connectivity index (χ2n) is 6.95. The van der Waals surface area contributed by atoms with Crippen LogP contribution in [0.2, 0.25) is 5.02 Å². The molecule has 0 aliphatic rings. The smallest absolute Gasteiger partial charge is 0.234 e. The van der Waals surface area contributed by atoms with Crippen LogP contribution in [0.5, 0.6) is 0 Å². The summed E-state index contributed by atoms with van der Waals surface area (Å²) in [5.74, 6) is -0.516. The third-order valence-electron chi connectivity index (χ3n) is 4.57. The van der Waals surface area contributed by atoms with Crippen molar-refractivity contribution < 1.29 is 14.0 Å². The molecule has 1 heterocycles. The first kappa shape index (κ1) is 22.8. The van der Waals surface area contributed by atoms with E-state index in [2.05, 4.69) is 20.8 Å². The molecule has 2 aromatic carbocycles. The van der Waals surface area contributed by atoms with Crippen LogP contribution in [-0.2, 0) is 23.1 Å². The Hall–Kier alpha value is -2.91. The van der Waals surface area contributed by atoms with Gasteiger partial charge in [0.25, 0.3) is 0 Å². The third kappa shape index (κ3) is 6.05. The van der Waals surface area contributed by atoms with E-state index in [0.29, 0.717) is 16.7 Å². The molecule has 31 heavy (non-hydrogen) atoms. The second kappa shape index (κ2) is 9.93. The molecule has 0 aliphatic heterocycles. The Labute approximate surface area is 188 Å². The van der Waals surface area contributed by atoms with Gasteiger partial charge in [-0.3, -0.25) is 9.59 Å². The summed E-state index contributed by atoms with van der Waals surface area (Å²) in [7, 11) is 1.73. The molecule has 0 saturated heterocycles. The van der Waals surface area contributed by atoms with Crippen molar-refractivity contribution in [1.29, 1.82) is 0 Å². The van der Waals surface area contributed by atoms with Crippen molar-refractivity contribution in [2.24, 2.45) is 7.05 Å². The van der Waals surface area contributed by atoms with Gasteiger partial charge in [0, 0.05) is 18.4 Å². The van der Waals surface area contributed by atoms with Gasteiger partial charge >= 0.3 is 0 Å². The predicted molar refractivity (Wildman–Crippen MR) is 120 cm³/mol. The van der Waals surface area contributed by atoms with E-state index in [-0.39, 0.29) is 29.0 Å². The monoisotopic (exact) mass is 461 g/mol. The first-order valence-corrected chi connectivity index (χ1v) is 10.7. The highest BCUT2D eigenvalue weighted by Crippen LogP contribution is 2.21. The summed E-state index contributed by atoms with van der Waals surface area (Å²) in [6, 6.07) is 9.67. The van der Waals surface area contributed by atoms with Gasteiger partial charge in [-0.1, -0.05) is 29.4 Å². The molecule has 1 aromatic heterocycles. The summed E-state index contributed by atoms with van der Waals surface area (Å²) < 4.78 is 14.9. The maximum atomic E-state index is 13.2. The Morgan fingerprint density at radius 2 is 1.71 bits per heavy atom. The molecule has 0 bridgehead atoms. The van der Waals surface area contributed by atoms with Crippen molar-refractivity contribution in [2.45, 2.75) is 25.4 Å². The normalized spacial score (nSPS) is 10.7. The topological polar surface area (TPSA) is 88.9 Å². The number of anilines is 2. The molecule has 0 spiro atoms. The van der Waals surface area contributed by atoms with E-state index < -0.39 is 5.82 Å². The van der Waals surface area contributed by atoms with Crippen molar-refractivity contribution in [2.75, 3.05) is 16.4 Å². The molecule has 10 heteroatoms. The SMILES string of the molecule is Cc1ccc(NC(=O)Cc2nnc(SCC(=O)Nc3ccc(F)c(Cl)c3)n2C)cc1C. The zero-order valence-corrected chi connectivity index (χ0v) is 18.8. The van der Waals surface area contributed by atoms with Crippen molar-refractivity contribution >= 4 is 46.6 Å². The van der Waals surface area contributed by atoms with E-state index in [0.717, 1.165) is 16.8 Å². The molecule has 3 rings (SSSR count). The number of carbonyl (C=O) groups is 2. The van der Waals surface area contributed by atoms with Crippen molar-refractivity contribution in [1.82, 2.24) is 14.8 Å². The molecule has 2 N–H and O–H groups in total. The number of rotatable bonds is 7. The maximum absolute atomic E-state index is 13.2. The average Bonchev–Trinajstić information content (AvgIpc) is 3.05. The Kier molecular flexibility index (Phi) is 7.29. The van der Waals surface area contributed by atoms with Crippen molar-refractivity contribution in [3.05, 3.63) is 64.2 Å². The van der Waals surface area contributed by atoms with Gasteiger partial charge in [-0.05, 0) is 55.3 Å². The largest absolute Gasteiger partial charge is 0.326 e. The van der Waals surface area contributed by atoms with Gasteiger partial charge in [-0.15, -0.1) is 10.2 Å². The lowest BCUT2D eigenvalue weighted by Crippen LogP contribution is -2.17. The van der Waals surface area contributed by atoms with E-state index in [1.54, 1.807) is 11.6 Å². The first-order valence-electron chi connectivity index (χ1n) is 9.36. The van der Waals surface area contributed by atoms with Crippen molar-refractivity contribution in [3.8, 4) is 0 Å². The predicted octanol–water partition coefficient (Wildman–Crippen LogP) is 4.14. The quantitative estimate of drug-likeness (QED) is 0.516. The van der Waals surface area contributed by atoms with Gasteiger partial charge in [0.15, 0.2) is 5.16 Å². The lowest BCUT2D eigenvalue weighted by atomic mass is 10.1. The zero-order chi connectivity index (χ0) is 22.5. The molecule has 0 aliphatic carbocycles. The highest BCUT2D eigenvalue weighted by Gasteiger charge is 2.15. The van der Waals surface area contributed by atoms with Crippen LogP contribution in [0.1, 0.15) is 17.0 Å². The number of nitrogens with zero attached hydrogens (tertiary/aromatic N) is 3. The number of thioether (sulfide) groups is 1. The number of aryl methyl sites for hydroxylation is 2. The van der Waals surface area contributed by atoms with Crippen molar-refractivity contribution in [3.63, 3.8) is 0 Å². The number of carbonyl (C=O) groups excluding carboxylic acids is 2. The van der Waals surface area contributed by atoms with Gasteiger partial charge in [0.1, 0.15) is 11.6 Å². The standard InChI is InChI=1S/C21H21ClFN5O2S/c1-12-4-5-14(8-13(12)2)24-19(29)10-18-26-27-21(28(18)3)31-11-20(30)25-15-6-7-17(23)16(22)9-15/h4-9H,10-11H2,1-3H3,(H,24,29)(H,25,30). The maximum Gasteiger partial charge on any atom is 0.234 e. The molecule has 0 fully saturated rings. The van der Waals surface area contributed by atoms with E-state index >= 15 is 0 Å². The van der Waals surface area contributed by atoms with Gasteiger partial charge in [0.2, 0.25) is 11.8 Å². The Bertz CT molecular complexity index is 1130. The number of benzene rings is 2. The van der Waals surface area contributed by atoms with Crippen LogP contribution in [0, 0.1) is 19.7 Å². The Balaban J connectivity index is 1.54. The molecule has 0 unspecified atom stereocenters. The molecular formula is C21H21ClFN5O2S. The lowest BCUT2D eigenvalue weighted by Gasteiger charge is -2.08. The molecule has 3 aromatic rings. The summed E-state index contributed by atoms with van der Waals surface area (Å²) in [6.07, 6.45) is 0.0528.